The molecule has 1 aromatic rings. The van der Waals surface area contributed by atoms with Crippen molar-refractivity contribution in [1.29, 1.82) is 0 Å². The Hall–Kier alpha value is -1.39. The third-order valence-electron chi connectivity index (χ3n) is 3.38. The molecule has 1 saturated heterocycles. The molecule has 1 aliphatic heterocycles. The van der Waals surface area contributed by atoms with Gasteiger partial charge >= 0.3 is 0 Å². The van der Waals surface area contributed by atoms with E-state index in [2.05, 4.69) is 34.5 Å². The first-order chi connectivity index (χ1) is 8.79. The number of amides is 1. The van der Waals surface area contributed by atoms with Gasteiger partial charge in [-0.1, -0.05) is 30.3 Å². The molecule has 1 atom stereocenters. The van der Waals surface area contributed by atoms with Crippen molar-refractivity contribution in [3.8, 4) is 0 Å². The van der Waals surface area contributed by atoms with Gasteiger partial charge in [0.1, 0.15) is 0 Å². The molecule has 3 N–H and O–H groups in total. The zero-order chi connectivity index (χ0) is 12.8. The van der Waals surface area contributed by atoms with Crippen LogP contribution in [-0.2, 0) is 4.79 Å². The van der Waals surface area contributed by atoms with Crippen LogP contribution in [0.25, 0.3) is 0 Å². The molecule has 18 heavy (non-hydrogen) atoms. The maximum absolute atomic E-state index is 11.6. The minimum absolute atomic E-state index is 0.0779. The standard InChI is InChI=1S/C14H21N3O/c15-7-8-16-14(18)11-17-9-6-13(10-17)12-4-2-1-3-5-12/h1-5,13H,6-11,15H2,(H,16,18). The smallest absolute Gasteiger partial charge is 0.234 e. The molecular formula is C14H21N3O. The highest BCUT2D eigenvalue weighted by molar-refractivity contribution is 5.78. The summed E-state index contributed by atoms with van der Waals surface area (Å²) >= 11 is 0. The van der Waals surface area contributed by atoms with E-state index in [0.717, 1.165) is 19.5 Å². The van der Waals surface area contributed by atoms with Gasteiger partial charge in [0.05, 0.1) is 6.54 Å². The Labute approximate surface area is 108 Å². The van der Waals surface area contributed by atoms with Gasteiger partial charge in [0.2, 0.25) is 5.91 Å². The Kier molecular flexibility index (Phi) is 4.73. The van der Waals surface area contributed by atoms with Gasteiger partial charge in [0, 0.05) is 19.6 Å². The molecule has 0 bridgehead atoms. The summed E-state index contributed by atoms with van der Waals surface area (Å²) in [5.74, 6) is 0.641. The lowest BCUT2D eigenvalue weighted by molar-refractivity contribution is -0.121. The molecule has 0 radical (unpaired) electrons. The Morgan fingerprint density at radius 1 is 1.39 bits per heavy atom. The second kappa shape index (κ2) is 6.52. The molecule has 1 amide bonds. The predicted molar refractivity (Wildman–Crippen MR) is 72.3 cm³/mol. The van der Waals surface area contributed by atoms with E-state index in [1.807, 2.05) is 6.07 Å². The van der Waals surface area contributed by atoms with Crippen molar-refractivity contribution in [1.82, 2.24) is 10.2 Å². The summed E-state index contributed by atoms with van der Waals surface area (Å²) in [4.78, 5) is 13.8. The summed E-state index contributed by atoms with van der Waals surface area (Å²) < 4.78 is 0. The largest absolute Gasteiger partial charge is 0.354 e. The highest BCUT2D eigenvalue weighted by Gasteiger charge is 2.24. The number of hydrogen-bond acceptors (Lipinski definition) is 3. The van der Waals surface area contributed by atoms with Gasteiger partial charge in [-0.05, 0) is 24.4 Å². The number of carbonyl (C=O) groups excluding carboxylic acids is 1. The number of rotatable bonds is 5. The average Bonchev–Trinajstić information content (AvgIpc) is 2.86. The lowest BCUT2D eigenvalue weighted by Crippen LogP contribution is -2.38. The normalized spacial score (nSPS) is 19.9. The molecule has 0 spiro atoms. The molecule has 98 valence electrons. The average molecular weight is 247 g/mol. The zero-order valence-corrected chi connectivity index (χ0v) is 10.6. The minimum atomic E-state index is 0.0779. The van der Waals surface area contributed by atoms with E-state index >= 15 is 0 Å². The summed E-state index contributed by atoms with van der Waals surface area (Å²) in [6.07, 6.45) is 1.13. The molecule has 1 aliphatic rings. The van der Waals surface area contributed by atoms with Crippen LogP contribution in [0.2, 0.25) is 0 Å². The first-order valence-electron chi connectivity index (χ1n) is 6.53. The van der Waals surface area contributed by atoms with Crippen LogP contribution in [0.4, 0.5) is 0 Å². The van der Waals surface area contributed by atoms with E-state index in [0.29, 0.717) is 25.6 Å². The third-order valence-corrected chi connectivity index (χ3v) is 3.38. The Balaban J connectivity index is 1.80. The fourth-order valence-electron chi connectivity index (χ4n) is 2.44. The van der Waals surface area contributed by atoms with Crippen molar-refractivity contribution in [2.45, 2.75) is 12.3 Å². The number of likely N-dealkylation sites (tertiary alicyclic amines) is 1. The van der Waals surface area contributed by atoms with Crippen molar-refractivity contribution in [2.75, 3.05) is 32.7 Å². The van der Waals surface area contributed by atoms with Crippen LogP contribution in [-0.4, -0.2) is 43.5 Å². The van der Waals surface area contributed by atoms with Gasteiger partial charge in [-0.3, -0.25) is 9.69 Å². The van der Waals surface area contributed by atoms with Crippen LogP contribution in [0.3, 0.4) is 0 Å². The molecule has 0 aromatic heterocycles. The van der Waals surface area contributed by atoms with Gasteiger partial charge in [-0.15, -0.1) is 0 Å². The zero-order valence-electron chi connectivity index (χ0n) is 10.6. The topological polar surface area (TPSA) is 58.4 Å². The monoisotopic (exact) mass is 247 g/mol. The number of nitrogens with one attached hydrogen (secondary N) is 1. The van der Waals surface area contributed by atoms with E-state index in [-0.39, 0.29) is 5.91 Å². The van der Waals surface area contributed by atoms with Crippen LogP contribution in [0, 0.1) is 0 Å². The van der Waals surface area contributed by atoms with Gasteiger partial charge in [-0.2, -0.15) is 0 Å². The first-order valence-corrected chi connectivity index (χ1v) is 6.53. The lowest BCUT2D eigenvalue weighted by Gasteiger charge is -2.15. The number of nitrogens with two attached hydrogens (primary N) is 1. The fourth-order valence-corrected chi connectivity index (χ4v) is 2.44. The van der Waals surface area contributed by atoms with E-state index in [4.69, 9.17) is 5.73 Å². The summed E-state index contributed by atoms with van der Waals surface area (Å²) in [6.45, 7) is 3.52. The maximum atomic E-state index is 11.6. The Morgan fingerprint density at radius 2 is 2.17 bits per heavy atom. The van der Waals surface area contributed by atoms with Crippen molar-refractivity contribution in [3.05, 3.63) is 35.9 Å². The van der Waals surface area contributed by atoms with Crippen molar-refractivity contribution < 1.29 is 4.79 Å². The molecule has 2 rings (SSSR count). The second-order valence-electron chi connectivity index (χ2n) is 4.77. The summed E-state index contributed by atoms with van der Waals surface area (Å²) in [5.41, 5.74) is 6.73. The molecule has 1 heterocycles. The fraction of sp³-hybridized carbons (Fsp3) is 0.500. The number of benzene rings is 1. The molecule has 4 heteroatoms. The van der Waals surface area contributed by atoms with E-state index < -0.39 is 0 Å². The van der Waals surface area contributed by atoms with Gasteiger partial charge < -0.3 is 11.1 Å². The maximum Gasteiger partial charge on any atom is 0.234 e. The quantitative estimate of drug-likeness (QED) is 0.799. The molecule has 4 nitrogen and oxygen atoms in total. The van der Waals surface area contributed by atoms with Crippen molar-refractivity contribution in [3.63, 3.8) is 0 Å². The van der Waals surface area contributed by atoms with Gasteiger partial charge in [0.25, 0.3) is 0 Å². The van der Waals surface area contributed by atoms with Crippen LogP contribution in [0.15, 0.2) is 30.3 Å². The summed E-state index contributed by atoms with van der Waals surface area (Å²) in [6, 6.07) is 10.5. The number of nitrogens with zero attached hydrogens (tertiary/aromatic N) is 1. The Morgan fingerprint density at radius 3 is 2.89 bits per heavy atom. The highest BCUT2D eigenvalue weighted by Crippen LogP contribution is 2.26. The van der Waals surface area contributed by atoms with Crippen LogP contribution < -0.4 is 11.1 Å². The molecule has 0 saturated carbocycles. The molecule has 1 unspecified atom stereocenters. The van der Waals surface area contributed by atoms with Crippen LogP contribution in [0.1, 0.15) is 17.9 Å². The highest BCUT2D eigenvalue weighted by atomic mass is 16.2. The SMILES string of the molecule is NCCNC(=O)CN1CCC(c2ccccc2)C1. The van der Waals surface area contributed by atoms with Gasteiger partial charge in [-0.25, -0.2) is 0 Å². The third kappa shape index (κ3) is 3.55. The number of carbonyl (C=O) groups is 1. The molecule has 0 aliphatic carbocycles. The van der Waals surface area contributed by atoms with E-state index in [1.54, 1.807) is 0 Å². The minimum Gasteiger partial charge on any atom is -0.354 e. The van der Waals surface area contributed by atoms with Crippen LogP contribution in [0.5, 0.6) is 0 Å². The van der Waals surface area contributed by atoms with Crippen LogP contribution >= 0.6 is 0 Å². The van der Waals surface area contributed by atoms with Crippen molar-refractivity contribution >= 4 is 5.91 Å². The van der Waals surface area contributed by atoms with E-state index in [9.17, 15) is 4.79 Å². The molecule has 1 aromatic carbocycles. The first kappa shape index (κ1) is 13.1. The number of hydrogen-bond donors (Lipinski definition) is 2. The Bertz CT molecular complexity index is 380. The van der Waals surface area contributed by atoms with Crippen molar-refractivity contribution in [2.24, 2.45) is 5.73 Å². The van der Waals surface area contributed by atoms with E-state index in [1.165, 1.54) is 5.56 Å². The summed E-state index contributed by atoms with van der Waals surface area (Å²) in [7, 11) is 0. The molecule has 1 fully saturated rings. The second-order valence-corrected chi connectivity index (χ2v) is 4.77. The summed E-state index contributed by atoms with van der Waals surface area (Å²) in [5, 5.41) is 2.81. The predicted octanol–water partition coefficient (Wildman–Crippen LogP) is 0.551. The molecular weight excluding hydrogens is 226 g/mol. The lowest BCUT2D eigenvalue weighted by atomic mass is 9.99. The van der Waals surface area contributed by atoms with Gasteiger partial charge in [0.15, 0.2) is 0 Å².